The molecular weight excluding hydrogens is 917 g/mol. The van der Waals surface area contributed by atoms with Crippen LogP contribution in [-0.2, 0) is 6.42 Å². The summed E-state index contributed by atoms with van der Waals surface area (Å²) in [6.07, 6.45) is 71.9. The molecule has 0 heterocycles. The predicted octanol–water partition coefficient (Wildman–Crippen LogP) is 24.9. The topological polar surface area (TPSA) is 36.4 Å². The highest BCUT2D eigenvalue weighted by molar-refractivity contribution is 5.89. The first kappa shape index (κ1) is 68.7. The fourth-order valence-corrected chi connectivity index (χ4v) is 11.3. The summed E-state index contributed by atoms with van der Waals surface area (Å²) < 4.78 is 0. The molecule has 2 aromatic rings. The van der Waals surface area contributed by atoms with Gasteiger partial charge in [-0.05, 0) is 67.7 Å². The third-order valence-electron chi connectivity index (χ3n) is 16.2. The van der Waals surface area contributed by atoms with Crippen molar-refractivity contribution in [1.82, 2.24) is 0 Å². The van der Waals surface area contributed by atoms with Crippen molar-refractivity contribution in [3.8, 4) is 11.8 Å². The molecule has 428 valence electrons. The van der Waals surface area contributed by atoms with Crippen molar-refractivity contribution >= 4 is 11.4 Å². The molecule has 0 aliphatic heterocycles. The van der Waals surface area contributed by atoms with E-state index >= 15 is 0 Å². The molecule has 0 saturated carbocycles. The summed E-state index contributed by atoms with van der Waals surface area (Å²) in [6, 6.07) is 18.0. The fourth-order valence-electron chi connectivity index (χ4n) is 11.3. The van der Waals surface area contributed by atoms with Gasteiger partial charge in [0.15, 0.2) is 0 Å². The number of aryl methyl sites for hydroxylation is 2. The number of unbranched alkanes of at least 4 members (excludes halogenated alkanes) is 44. The van der Waals surface area contributed by atoms with Crippen molar-refractivity contribution < 1.29 is 4.79 Å². The largest absolute Gasteiger partial charge is 0.348 e. The Morgan fingerprint density at radius 3 is 1.21 bits per heavy atom. The first-order valence-electron chi connectivity index (χ1n) is 33.6. The standard InChI is InChI=1S/C74H122N2/c1-5-8-11-14-16-18-20-22-24-26-28-29-30-31-32-33-34-35-36-38-39-41-43-45-47-49-51-54-58-69-59-56-57-62-72(69)74(70-65-63-68(4)64-66-70)73(71(67-76-75)60-53-13-10-7-3)61-55-52-50-48-46-44-42-40-37-27-25-23-21-19-17-15-12-9-6-2/h55-57,59,61-66H,5-48,50,52-54,58,60H2,1-4H3. The van der Waals surface area contributed by atoms with E-state index in [9.17, 15) is 5.53 Å². The van der Waals surface area contributed by atoms with Crippen LogP contribution >= 0.6 is 0 Å². The van der Waals surface area contributed by atoms with Crippen molar-refractivity contribution in [2.24, 2.45) is 0 Å². The van der Waals surface area contributed by atoms with Crippen LogP contribution in [0.3, 0.4) is 0 Å². The van der Waals surface area contributed by atoms with Gasteiger partial charge in [0.05, 0.1) is 5.57 Å². The number of nitrogens with zero attached hydrogens (tertiary/aromatic N) is 2. The van der Waals surface area contributed by atoms with Crippen LogP contribution in [0.2, 0.25) is 0 Å². The van der Waals surface area contributed by atoms with E-state index in [0.29, 0.717) is 0 Å². The molecule has 2 rings (SSSR count). The summed E-state index contributed by atoms with van der Waals surface area (Å²) in [5, 5.41) is 0. The molecule has 2 aromatic carbocycles. The molecule has 0 radical (unpaired) electrons. The summed E-state index contributed by atoms with van der Waals surface area (Å²) >= 11 is 0. The third kappa shape index (κ3) is 39.1. The van der Waals surface area contributed by atoms with E-state index in [1.165, 1.54) is 304 Å². The highest BCUT2D eigenvalue weighted by Crippen LogP contribution is 2.35. The lowest BCUT2D eigenvalue weighted by Gasteiger charge is -2.18. The van der Waals surface area contributed by atoms with Gasteiger partial charge in [0.2, 0.25) is 0 Å². The average molecular weight is 1040 g/mol. The minimum atomic E-state index is 0.839. The van der Waals surface area contributed by atoms with Crippen LogP contribution in [0.4, 0.5) is 0 Å². The van der Waals surface area contributed by atoms with Gasteiger partial charge in [-0.3, -0.25) is 0 Å². The minimum Gasteiger partial charge on any atom is -0.348 e. The minimum absolute atomic E-state index is 0.839. The molecular formula is C74H122N2. The van der Waals surface area contributed by atoms with Gasteiger partial charge in [-0.15, -0.1) is 16.6 Å². The summed E-state index contributed by atoms with van der Waals surface area (Å²) in [7, 11) is 0. The molecule has 0 aliphatic rings. The van der Waals surface area contributed by atoms with Crippen LogP contribution in [-0.4, -0.2) is 10.7 Å². The van der Waals surface area contributed by atoms with Gasteiger partial charge in [-0.25, -0.2) is 0 Å². The third-order valence-corrected chi connectivity index (χ3v) is 16.2. The second-order valence-corrected chi connectivity index (χ2v) is 23.4. The molecule has 0 saturated heterocycles. The lowest BCUT2D eigenvalue weighted by atomic mass is 9.84. The summed E-state index contributed by atoms with van der Waals surface area (Å²) in [4.78, 5) is 3.57. The molecule has 0 unspecified atom stereocenters. The van der Waals surface area contributed by atoms with E-state index in [4.69, 9.17) is 0 Å². The monoisotopic (exact) mass is 1040 g/mol. The van der Waals surface area contributed by atoms with Crippen molar-refractivity contribution in [1.29, 1.82) is 0 Å². The van der Waals surface area contributed by atoms with Crippen LogP contribution < -0.4 is 0 Å². The molecule has 0 spiro atoms. The Labute approximate surface area is 474 Å². The summed E-state index contributed by atoms with van der Waals surface area (Å²) in [5.41, 5.74) is 18.4. The maximum Gasteiger partial charge on any atom is 0.303 e. The van der Waals surface area contributed by atoms with Crippen molar-refractivity contribution in [2.45, 2.75) is 349 Å². The first-order chi connectivity index (χ1) is 37.7. The van der Waals surface area contributed by atoms with E-state index in [1.54, 1.807) is 0 Å². The number of benzene rings is 2. The van der Waals surface area contributed by atoms with E-state index in [0.717, 1.165) is 56.1 Å². The Morgan fingerprint density at radius 1 is 0.421 bits per heavy atom. The zero-order valence-corrected chi connectivity index (χ0v) is 51.0. The number of rotatable bonds is 53. The van der Waals surface area contributed by atoms with Crippen LogP contribution in [0.5, 0.6) is 0 Å². The van der Waals surface area contributed by atoms with Crippen LogP contribution in [0, 0.1) is 18.8 Å². The number of hydrogen-bond donors (Lipinski definition) is 0. The predicted molar refractivity (Wildman–Crippen MR) is 340 cm³/mol. The summed E-state index contributed by atoms with van der Waals surface area (Å²) in [5.74, 6) is 10.2. The zero-order chi connectivity index (χ0) is 54.3. The molecule has 0 atom stereocenters. The Morgan fingerprint density at radius 2 is 0.789 bits per heavy atom. The molecule has 2 nitrogen and oxygen atoms in total. The summed E-state index contributed by atoms with van der Waals surface area (Å²) in [6.45, 7) is 9.04. The van der Waals surface area contributed by atoms with Gasteiger partial charge >= 0.3 is 5.87 Å². The van der Waals surface area contributed by atoms with Crippen LogP contribution in [0.25, 0.3) is 11.1 Å². The smallest absolute Gasteiger partial charge is 0.303 e. The highest BCUT2D eigenvalue weighted by Gasteiger charge is 2.19. The Kier molecular flexibility index (Phi) is 48.5. The molecule has 0 fully saturated rings. The van der Waals surface area contributed by atoms with Crippen molar-refractivity contribution in [3.05, 3.63) is 99.6 Å². The second kappa shape index (κ2) is 53.6. The number of hydrogen-bond acceptors (Lipinski definition) is 0. The zero-order valence-electron chi connectivity index (χ0n) is 51.0. The SMILES string of the molecule is CCCCCCCCCCCCCCCCCCCC=CC(C(=C=[N+]=[N-])CCCCCC)=C(c1ccc(C)cc1)c1ccccc1CCC#CCCCCCCCCCCCCCCCCCCCCCCCCCC. The molecule has 76 heavy (non-hydrogen) atoms. The Balaban J connectivity index is 1.82. The second-order valence-electron chi connectivity index (χ2n) is 23.4. The molecule has 0 aromatic heterocycles. The van der Waals surface area contributed by atoms with E-state index in [1.807, 2.05) is 0 Å². The average Bonchev–Trinajstić information content (AvgIpc) is 3.44. The molecule has 0 aliphatic carbocycles. The fraction of sp³-hybridized carbons (Fsp3) is 0.730. The van der Waals surface area contributed by atoms with Gasteiger partial charge in [0.1, 0.15) is 0 Å². The van der Waals surface area contributed by atoms with E-state index < -0.39 is 0 Å². The maximum absolute atomic E-state index is 10.0. The lowest BCUT2D eigenvalue weighted by Crippen LogP contribution is -2.02. The van der Waals surface area contributed by atoms with Gasteiger partial charge in [0, 0.05) is 18.4 Å². The van der Waals surface area contributed by atoms with Crippen LogP contribution in [0.1, 0.15) is 358 Å². The van der Waals surface area contributed by atoms with Gasteiger partial charge in [0.25, 0.3) is 0 Å². The first-order valence-corrected chi connectivity index (χ1v) is 33.6. The van der Waals surface area contributed by atoms with Gasteiger partial charge in [-0.2, -0.15) is 0 Å². The van der Waals surface area contributed by atoms with Crippen LogP contribution in [0.15, 0.2) is 71.8 Å². The molecule has 0 amide bonds. The van der Waals surface area contributed by atoms with Crippen molar-refractivity contribution in [3.63, 3.8) is 0 Å². The van der Waals surface area contributed by atoms with Crippen molar-refractivity contribution in [2.75, 3.05) is 0 Å². The van der Waals surface area contributed by atoms with E-state index in [2.05, 4.69) is 111 Å². The Hall–Kier alpha value is -3.36. The maximum atomic E-state index is 10.0. The van der Waals surface area contributed by atoms with Gasteiger partial charge in [-0.1, -0.05) is 357 Å². The quantitative estimate of drug-likeness (QED) is 0.0158. The Bertz CT molecular complexity index is 1820. The highest BCUT2D eigenvalue weighted by atomic mass is 14.8. The van der Waals surface area contributed by atoms with E-state index in [-0.39, 0.29) is 0 Å². The molecule has 0 N–H and O–H groups in total. The molecule has 2 heteroatoms. The number of allylic oxidation sites excluding steroid dienone is 4. The molecule has 0 bridgehead atoms. The van der Waals surface area contributed by atoms with Gasteiger partial charge < -0.3 is 5.53 Å². The lowest BCUT2D eigenvalue weighted by molar-refractivity contribution is 0.00742. The normalized spacial score (nSPS) is 11.7.